The quantitative estimate of drug-likeness (QED) is 0.892. The van der Waals surface area contributed by atoms with E-state index in [0.717, 1.165) is 5.69 Å². The van der Waals surface area contributed by atoms with E-state index in [1.54, 1.807) is 22.9 Å². The van der Waals surface area contributed by atoms with E-state index < -0.39 is 0 Å². The summed E-state index contributed by atoms with van der Waals surface area (Å²) in [5.74, 6) is 0.0528. The van der Waals surface area contributed by atoms with Gasteiger partial charge in [-0.1, -0.05) is 0 Å². The number of likely N-dealkylation sites (tertiary alicyclic amines) is 1. The molecule has 1 saturated heterocycles. The number of anilines is 1. The first-order chi connectivity index (χ1) is 11.0. The van der Waals surface area contributed by atoms with E-state index in [1.807, 2.05) is 11.8 Å². The maximum atomic E-state index is 13.1. The van der Waals surface area contributed by atoms with Gasteiger partial charge in [0.25, 0.3) is 0 Å². The SMILES string of the molecule is Cc1cc(NC(=O)CN2CC[C@H](O)C2)n(-c2ccc(F)cc2)n1. The van der Waals surface area contributed by atoms with Gasteiger partial charge in [0.1, 0.15) is 11.6 Å². The van der Waals surface area contributed by atoms with Crippen LogP contribution in [0.5, 0.6) is 0 Å². The molecule has 0 radical (unpaired) electrons. The molecule has 2 heterocycles. The number of amides is 1. The van der Waals surface area contributed by atoms with Crippen molar-refractivity contribution in [2.24, 2.45) is 0 Å². The number of hydrogen-bond acceptors (Lipinski definition) is 4. The summed E-state index contributed by atoms with van der Waals surface area (Å²) in [6, 6.07) is 7.68. The number of β-amino-alcohol motifs (C(OH)–C–C–N with tert-alkyl or cyclic N) is 1. The number of aryl methyl sites for hydroxylation is 1. The van der Waals surface area contributed by atoms with Crippen molar-refractivity contribution in [3.63, 3.8) is 0 Å². The molecule has 1 aromatic heterocycles. The summed E-state index contributed by atoms with van der Waals surface area (Å²) in [7, 11) is 0. The third-order valence-corrected chi connectivity index (χ3v) is 3.78. The van der Waals surface area contributed by atoms with E-state index in [2.05, 4.69) is 10.4 Å². The molecule has 0 aliphatic carbocycles. The van der Waals surface area contributed by atoms with Crippen molar-refractivity contribution in [3.05, 3.63) is 41.8 Å². The highest BCUT2D eigenvalue weighted by molar-refractivity contribution is 5.91. The number of hydrogen-bond donors (Lipinski definition) is 2. The Morgan fingerprint density at radius 2 is 2.17 bits per heavy atom. The average molecular weight is 318 g/mol. The molecule has 1 atom stereocenters. The van der Waals surface area contributed by atoms with Gasteiger partial charge in [-0.3, -0.25) is 9.69 Å². The van der Waals surface area contributed by atoms with Gasteiger partial charge in [0.15, 0.2) is 0 Å². The van der Waals surface area contributed by atoms with Crippen LogP contribution in [-0.4, -0.2) is 51.4 Å². The van der Waals surface area contributed by atoms with E-state index >= 15 is 0 Å². The fourth-order valence-corrected chi connectivity index (χ4v) is 2.71. The maximum Gasteiger partial charge on any atom is 0.239 e. The lowest BCUT2D eigenvalue weighted by Gasteiger charge is -2.15. The number of halogens is 1. The van der Waals surface area contributed by atoms with Crippen LogP contribution < -0.4 is 5.32 Å². The zero-order valence-electron chi connectivity index (χ0n) is 12.9. The molecule has 1 aliphatic heterocycles. The van der Waals surface area contributed by atoms with E-state index in [1.165, 1.54) is 12.1 Å². The van der Waals surface area contributed by atoms with Gasteiger partial charge >= 0.3 is 0 Å². The minimum Gasteiger partial charge on any atom is -0.392 e. The number of nitrogens with one attached hydrogen (secondary N) is 1. The third-order valence-electron chi connectivity index (χ3n) is 3.78. The molecule has 0 bridgehead atoms. The monoisotopic (exact) mass is 318 g/mol. The number of benzene rings is 1. The zero-order chi connectivity index (χ0) is 16.4. The number of aliphatic hydroxyl groups excluding tert-OH is 1. The van der Waals surface area contributed by atoms with E-state index in [9.17, 15) is 14.3 Å². The van der Waals surface area contributed by atoms with E-state index in [0.29, 0.717) is 31.0 Å². The highest BCUT2D eigenvalue weighted by Gasteiger charge is 2.22. The second-order valence-electron chi connectivity index (χ2n) is 5.78. The molecule has 0 saturated carbocycles. The molecule has 1 amide bonds. The van der Waals surface area contributed by atoms with Gasteiger partial charge in [0, 0.05) is 19.2 Å². The molecule has 1 aliphatic rings. The molecule has 122 valence electrons. The lowest BCUT2D eigenvalue weighted by atomic mass is 10.3. The highest BCUT2D eigenvalue weighted by atomic mass is 19.1. The Bertz CT molecular complexity index is 699. The second-order valence-corrected chi connectivity index (χ2v) is 5.78. The number of aliphatic hydroxyl groups is 1. The van der Waals surface area contributed by atoms with Crippen LogP contribution in [0.4, 0.5) is 10.2 Å². The van der Waals surface area contributed by atoms with Crippen LogP contribution in [-0.2, 0) is 4.79 Å². The minimum atomic E-state index is -0.352. The summed E-state index contributed by atoms with van der Waals surface area (Å²) in [5, 5.41) is 16.7. The second kappa shape index (κ2) is 6.47. The first-order valence-electron chi connectivity index (χ1n) is 7.54. The van der Waals surface area contributed by atoms with Crippen LogP contribution in [0.1, 0.15) is 12.1 Å². The maximum absolute atomic E-state index is 13.1. The van der Waals surface area contributed by atoms with Gasteiger partial charge in [-0.2, -0.15) is 5.10 Å². The zero-order valence-corrected chi connectivity index (χ0v) is 12.9. The van der Waals surface area contributed by atoms with Crippen LogP contribution in [0.2, 0.25) is 0 Å². The topological polar surface area (TPSA) is 70.4 Å². The van der Waals surface area contributed by atoms with Crippen molar-refractivity contribution < 1.29 is 14.3 Å². The summed E-state index contributed by atoms with van der Waals surface area (Å²) < 4.78 is 14.6. The van der Waals surface area contributed by atoms with Crippen molar-refractivity contribution in [1.82, 2.24) is 14.7 Å². The summed E-state index contributed by atoms with van der Waals surface area (Å²) in [4.78, 5) is 14.1. The van der Waals surface area contributed by atoms with Crippen molar-refractivity contribution in [3.8, 4) is 5.69 Å². The van der Waals surface area contributed by atoms with Crippen molar-refractivity contribution >= 4 is 11.7 Å². The van der Waals surface area contributed by atoms with Crippen molar-refractivity contribution in [1.29, 1.82) is 0 Å². The fourth-order valence-electron chi connectivity index (χ4n) is 2.71. The molecule has 3 rings (SSSR count). The lowest BCUT2D eigenvalue weighted by molar-refractivity contribution is -0.117. The Morgan fingerprint density at radius 1 is 1.43 bits per heavy atom. The number of nitrogens with zero attached hydrogens (tertiary/aromatic N) is 3. The van der Waals surface area contributed by atoms with E-state index in [-0.39, 0.29) is 24.4 Å². The lowest BCUT2D eigenvalue weighted by Crippen LogP contribution is -2.32. The van der Waals surface area contributed by atoms with Gasteiger partial charge in [0.2, 0.25) is 5.91 Å². The predicted molar refractivity (Wildman–Crippen MR) is 84.0 cm³/mol. The van der Waals surface area contributed by atoms with Gasteiger partial charge < -0.3 is 10.4 Å². The Morgan fingerprint density at radius 3 is 2.83 bits per heavy atom. The van der Waals surface area contributed by atoms with Crippen LogP contribution in [0.3, 0.4) is 0 Å². The standard InChI is InChI=1S/C16H19FN4O2/c1-11-8-15(18-16(23)10-20-7-6-14(22)9-20)21(19-11)13-4-2-12(17)3-5-13/h2-5,8,14,22H,6-7,9-10H2,1H3,(H,18,23)/t14-/m0/s1. The molecule has 0 spiro atoms. The van der Waals surface area contributed by atoms with Crippen LogP contribution in [0.25, 0.3) is 5.69 Å². The Hall–Kier alpha value is -2.25. The number of carbonyl (C=O) groups excluding carboxylic acids is 1. The Kier molecular flexibility index (Phi) is 4.40. The van der Waals surface area contributed by atoms with Crippen molar-refractivity contribution in [2.45, 2.75) is 19.4 Å². The average Bonchev–Trinajstić information content (AvgIpc) is 3.06. The number of rotatable bonds is 4. The van der Waals surface area contributed by atoms with E-state index in [4.69, 9.17) is 0 Å². The summed E-state index contributed by atoms with van der Waals surface area (Å²) >= 11 is 0. The minimum absolute atomic E-state index is 0.164. The number of aromatic nitrogens is 2. The smallest absolute Gasteiger partial charge is 0.239 e. The normalized spacial score (nSPS) is 18.3. The fraction of sp³-hybridized carbons (Fsp3) is 0.375. The molecular formula is C16H19FN4O2. The molecule has 23 heavy (non-hydrogen) atoms. The van der Waals surface area contributed by atoms with Gasteiger partial charge in [0.05, 0.1) is 24.0 Å². The highest BCUT2D eigenvalue weighted by Crippen LogP contribution is 2.18. The molecule has 2 aromatic rings. The Labute approximate surface area is 133 Å². The van der Waals surface area contributed by atoms with Crippen LogP contribution >= 0.6 is 0 Å². The first kappa shape index (κ1) is 15.6. The molecule has 6 nitrogen and oxygen atoms in total. The predicted octanol–water partition coefficient (Wildman–Crippen LogP) is 1.32. The molecular weight excluding hydrogens is 299 g/mol. The molecule has 0 unspecified atom stereocenters. The Balaban J connectivity index is 1.72. The van der Waals surface area contributed by atoms with Crippen molar-refractivity contribution in [2.75, 3.05) is 25.0 Å². The largest absolute Gasteiger partial charge is 0.392 e. The summed E-state index contributed by atoms with van der Waals surface area (Å²) in [6.45, 7) is 3.28. The molecule has 1 aromatic carbocycles. The summed E-state index contributed by atoms with van der Waals surface area (Å²) in [5.41, 5.74) is 1.42. The van der Waals surface area contributed by atoms with Gasteiger partial charge in [-0.15, -0.1) is 0 Å². The number of carbonyl (C=O) groups is 1. The first-order valence-corrected chi connectivity index (χ1v) is 7.54. The third kappa shape index (κ3) is 3.75. The molecule has 7 heteroatoms. The summed E-state index contributed by atoms with van der Waals surface area (Å²) in [6.07, 6.45) is 0.342. The molecule has 1 fully saturated rings. The molecule has 2 N–H and O–H groups in total. The van der Waals surface area contributed by atoms with Crippen LogP contribution in [0.15, 0.2) is 30.3 Å². The van der Waals surface area contributed by atoms with Crippen LogP contribution in [0, 0.1) is 12.7 Å². The van der Waals surface area contributed by atoms with Gasteiger partial charge in [-0.05, 0) is 37.6 Å². The van der Waals surface area contributed by atoms with Gasteiger partial charge in [-0.25, -0.2) is 9.07 Å².